The zero-order chi connectivity index (χ0) is 25.1. The van der Waals surface area contributed by atoms with Gasteiger partial charge in [-0.2, -0.15) is 0 Å². The van der Waals surface area contributed by atoms with E-state index in [2.05, 4.69) is 0 Å². The first-order valence-corrected chi connectivity index (χ1v) is 12.1. The summed E-state index contributed by atoms with van der Waals surface area (Å²) < 4.78 is 25.1. The van der Waals surface area contributed by atoms with Crippen molar-refractivity contribution in [3.63, 3.8) is 0 Å². The van der Waals surface area contributed by atoms with Gasteiger partial charge in [-0.05, 0) is 57.9 Å². The number of carbonyl (C=O) groups excluding carboxylic acids is 2. The fourth-order valence-corrected chi connectivity index (χ4v) is 4.89. The monoisotopic (exact) mass is 499 g/mol. The fraction of sp³-hybridized carbons (Fsp3) is 0.103. The van der Waals surface area contributed by atoms with Crippen molar-refractivity contribution in [2.45, 2.75) is 13.2 Å². The Bertz CT molecular complexity index is 1490. The van der Waals surface area contributed by atoms with E-state index in [1.54, 1.807) is 42.5 Å². The lowest BCUT2D eigenvalue weighted by atomic mass is 10.0. The van der Waals surface area contributed by atoms with E-state index in [0.717, 1.165) is 28.1 Å². The van der Waals surface area contributed by atoms with Crippen LogP contribution in [0.3, 0.4) is 0 Å². The molecule has 36 heavy (non-hydrogen) atoms. The molecular weight excluding hydrogens is 477 g/mol. The number of halogens is 1. The number of imide groups is 1. The van der Waals surface area contributed by atoms with Crippen LogP contribution in [0.15, 0.2) is 89.8 Å². The maximum atomic E-state index is 13.9. The van der Waals surface area contributed by atoms with Crippen molar-refractivity contribution in [1.29, 1.82) is 0 Å². The quantitative estimate of drug-likeness (QED) is 0.262. The zero-order valence-electron chi connectivity index (χ0n) is 19.4. The second-order valence-electron chi connectivity index (χ2n) is 8.20. The Hall–Kier alpha value is -4.10. The molecule has 0 saturated carbocycles. The first-order valence-electron chi connectivity index (χ1n) is 11.3. The molecule has 1 saturated heterocycles. The molecule has 0 aliphatic carbocycles. The summed E-state index contributed by atoms with van der Waals surface area (Å²) in [7, 11) is 1.51. The maximum absolute atomic E-state index is 13.9. The van der Waals surface area contributed by atoms with E-state index in [1.807, 2.05) is 42.5 Å². The Morgan fingerprint density at radius 3 is 2.47 bits per heavy atom. The van der Waals surface area contributed by atoms with Gasteiger partial charge in [0.25, 0.3) is 11.1 Å². The van der Waals surface area contributed by atoms with Gasteiger partial charge >= 0.3 is 0 Å². The van der Waals surface area contributed by atoms with Crippen LogP contribution in [0.2, 0.25) is 0 Å². The molecule has 5 nitrogen and oxygen atoms in total. The first kappa shape index (κ1) is 23.6. The van der Waals surface area contributed by atoms with Gasteiger partial charge in [-0.3, -0.25) is 14.5 Å². The van der Waals surface area contributed by atoms with E-state index in [1.165, 1.54) is 18.1 Å². The summed E-state index contributed by atoms with van der Waals surface area (Å²) in [4.78, 5) is 27.4. The number of ether oxygens (including phenoxy) is 2. The van der Waals surface area contributed by atoms with Gasteiger partial charge in [0.15, 0.2) is 11.5 Å². The van der Waals surface area contributed by atoms with E-state index < -0.39 is 0 Å². The average molecular weight is 500 g/mol. The molecule has 180 valence electrons. The molecule has 7 heteroatoms. The molecule has 0 unspecified atom stereocenters. The summed E-state index contributed by atoms with van der Waals surface area (Å²) in [6.45, 7) is 0.255. The number of hydrogen-bond acceptors (Lipinski definition) is 5. The number of rotatable bonds is 7. The topological polar surface area (TPSA) is 55.8 Å². The Balaban J connectivity index is 1.34. The fourth-order valence-electron chi connectivity index (χ4n) is 4.05. The number of benzene rings is 4. The van der Waals surface area contributed by atoms with Crippen LogP contribution in [-0.4, -0.2) is 23.2 Å². The zero-order valence-corrected chi connectivity index (χ0v) is 20.3. The molecule has 1 fully saturated rings. The molecule has 0 aromatic heterocycles. The average Bonchev–Trinajstić information content (AvgIpc) is 3.16. The van der Waals surface area contributed by atoms with Crippen molar-refractivity contribution in [1.82, 2.24) is 4.90 Å². The highest BCUT2D eigenvalue weighted by molar-refractivity contribution is 8.18. The highest BCUT2D eigenvalue weighted by atomic mass is 32.2. The van der Waals surface area contributed by atoms with Crippen LogP contribution in [0.1, 0.15) is 16.7 Å². The van der Waals surface area contributed by atoms with Crippen molar-refractivity contribution < 1.29 is 23.5 Å². The van der Waals surface area contributed by atoms with E-state index in [0.29, 0.717) is 27.5 Å². The third-order valence-electron chi connectivity index (χ3n) is 5.91. The normalized spacial score (nSPS) is 14.6. The third-order valence-corrected chi connectivity index (χ3v) is 6.82. The van der Waals surface area contributed by atoms with Crippen LogP contribution in [0, 0.1) is 5.82 Å². The SMILES string of the molecule is COc1cc(/C=C2\SC(=O)N(Cc3cccc4ccccc34)C2=O)ccc1OCc1ccccc1F. The van der Waals surface area contributed by atoms with E-state index >= 15 is 0 Å². The van der Waals surface area contributed by atoms with Gasteiger partial charge in [-0.1, -0.05) is 66.7 Å². The van der Waals surface area contributed by atoms with E-state index in [4.69, 9.17) is 9.47 Å². The Labute approximate surface area is 212 Å². The summed E-state index contributed by atoms with van der Waals surface area (Å²) in [5.41, 5.74) is 2.03. The van der Waals surface area contributed by atoms with Crippen LogP contribution >= 0.6 is 11.8 Å². The summed E-state index contributed by atoms with van der Waals surface area (Å²) in [5.74, 6) is 0.209. The highest BCUT2D eigenvalue weighted by Crippen LogP contribution is 2.36. The van der Waals surface area contributed by atoms with Gasteiger partial charge in [0.2, 0.25) is 0 Å². The minimum absolute atomic E-state index is 0.0510. The van der Waals surface area contributed by atoms with Gasteiger partial charge in [-0.15, -0.1) is 0 Å². The lowest BCUT2D eigenvalue weighted by Gasteiger charge is -2.14. The van der Waals surface area contributed by atoms with Crippen molar-refractivity contribution in [2.75, 3.05) is 7.11 Å². The number of fused-ring (bicyclic) bond motifs is 1. The highest BCUT2D eigenvalue weighted by Gasteiger charge is 2.35. The van der Waals surface area contributed by atoms with Gasteiger partial charge in [0, 0.05) is 5.56 Å². The molecule has 1 aliphatic rings. The number of carbonyl (C=O) groups is 2. The van der Waals surface area contributed by atoms with Crippen molar-refractivity contribution in [3.05, 3.63) is 112 Å². The maximum Gasteiger partial charge on any atom is 0.293 e. The van der Waals surface area contributed by atoms with Gasteiger partial charge < -0.3 is 9.47 Å². The molecule has 1 aliphatic heterocycles. The number of amides is 2. The molecule has 0 radical (unpaired) electrons. The second kappa shape index (κ2) is 10.3. The lowest BCUT2D eigenvalue weighted by Crippen LogP contribution is -2.27. The first-order chi connectivity index (χ1) is 17.5. The molecule has 0 N–H and O–H groups in total. The Morgan fingerprint density at radius 1 is 0.889 bits per heavy atom. The molecule has 2 amide bonds. The number of thioether (sulfide) groups is 1. The molecule has 0 spiro atoms. The summed E-state index contributed by atoms with van der Waals surface area (Å²) in [5, 5.41) is 1.76. The number of nitrogens with zero attached hydrogens (tertiary/aromatic N) is 1. The Morgan fingerprint density at radius 2 is 1.64 bits per heavy atom. The van der Waals surface area contributed by atoms with Gasteiger partial charge in [0.1, 0.15) is 12.4 Å². The molecule has 5 rings (SSSR count). The van der Waals surface area contributed by atoms with Crippen LogP contribution in [-0.2, 0) is 17.9 Å². The standard InChI is InChI=1S/C29H22FNO4S/c1-34-26-15-19(13-14-25(26)35-18-22-8-3-5-12-24(22)30)16-27-28(32)31(29(33)36-27)17-21-10-6-9-20-7-2-4-11-23(20)21/h2-16H,17-18H2,1H3/b27-16-. The summed E-state index contributed by atoms with van der Waals surface area (Å²) >= 11 is 0.913. The van der Waals surface area contributed by atoms with Crippen molar-refractivity contribution in [2.24, 2.45) is 0 Å². The second-order valence-corrected chi connectivity index (χ2v) is 9.19. The van der Waals surface area contributed by atoms with E-state index in [-0.39, 0.29) is 30.1 Å². The van der Waals surface area contributed by atoms with Crippen molar-refractivity contribution in [3.8, 4) is 11.5 Å². The number of methoxy groups -OCH3 is 1. The van der Waals surface area contributed by atoms with Gasteiger partial charge in [0.05, 0.1) is 18.6 Å². The predicted molar refractivity (Wildman–Crippen MR) is 139 cm³/mol. The molecule has 4 aromatic rings. The molecular formula is C29H22FNO4S. The smallest absolute Gasteiger partial charge is 0.293 e. The predicted octanol–water partition coefficient (Wildman–Crippen LogP) is 6.80. The molecule has 4 aromatic carbocycles. The largest absolute Gasteiger partial charge is 0.493 e. The summed E-state index contributed by atoms with van der Waals surface area (Å²) in [6, 6.07) is 25.3. The minimum Gasteiger partial charge on any atom is -0.493 e. The van der Waals surface area contributed by atoms with Gasteiger partial charge in [-0.25, -0.2) is 4.39 Å². The van der Waals surface area contributed by atoms with Crippen LogP contribution in [0.4, 0.5) is 9.18 Å². The van der Waals surface area contributed by atoms with Crippen LogP contribution in [0.5, 0.6) is 11.5 Å². The third kappa shape index (κ3) is 4.83. The number of hydrogen-bond donors (Lipinski definition) is 0. The lowest BCUT2D eigenvalue weighted by molar-refractivity contribution is -0.123. The summed E-state index contributed by atoms with van der Waals surface area (Å²) in [6.07, 6.45) is 1.66. The molecule has 0 atom stereocenters. The molecule has 0 bridgehead atoms. The molecule has 1 heterocycles. The minimum atomic E-state index is -0.340. The van der Waals surface area contributed by atoms with Crippen molar-refractivity contribution >= 4 is 39.8 Å². The van der Waals surface area contributed by atoms with E-state index in [9.17, 15) is 14.0 Å². The van der Waals surface area contributed by atoms with Crippen LogP contribution < -0.4 is 9.47 Å². The van der Waals surface area contributed by atoms with Crippen LogP contribution in [0.25, 0.3) is 16.8 Å². The Kier molecular flexibility index (Phi) is 6.73.